The first-order chi connectivity index (χ1) is 7.68. The normalized spacial score (nSPS) is 10.1. The Labute approximate surface area is 97.1 Å². The van der Waals surface area contributed by atoms with Crippen molar-refractivity contribution in [3.05, 3.63) is 52.7 Å². The van der Waals surface area contributed by atoms with Crippen LogP contribution in [-0.4, -0.2) is 16.0 Å². The van der Waals surface area contributed by atoms with E-state index in [2.05, 4.69) is 10.2 Å². The highest BCUT2D eigenvalue weighted by molar-refractivity contribution is 6.30. The molecular weight excluding hydrogens is 226 g/mol. The summed E-state index contributed by atoms with van der Waals surface area (Å²) in [5.41, 5.74) is 6.38. The third-order valence-electron chi connectivity index (χ3n) is 2.07. The van der Waals surface area contributed by atoms with Crippen molar-refractivity contribution < 1.29 is 4.79 Å². The summed E-state index contributed by atoms with van der Waals surface area (Å²) >= 11 is 5.67. The molecular formula is C11H8ClN3O. The number of aromatic nitrogens is 2. The van der Waals surface area contributed by atoms with Crippen LogP contribution in [0.3, 0.4) is 0 Å². The molecule has 0 bridgehead atoms. The minimum absolute atomic E-state index is 0.0817. The topological polar surface area (TPSA) is 68.9 Å². The largest absolute Gasteiger partial charge is 0.382 e. The van der Waals surface area contributed by atoms with E-state index in [1.807, 2.05) is 6.07 Å². The molecule has 2 aromatic rings. The van der Waals surface area contributed by atoms with Crippen molar-refractivity contribution in [3.8, 4) is 0 Å². The first-order valence-corrected chi connectivity index (χ1v) is 4.94. The van der Waals surface area contributed by atoms with Gasteiger partial charge in [-0.2, -0.15) is 0 Å². The molecule has 0 amide bonds. The first kappa shape index (κ1) is 10.6. The van der Waals surface area contributed by atoms with Crippen molar-refractivity contribution in [1.29, 1.82) is 0 Å². The number of anilines is 1. The van der Waals surface area contributed by atoms with Crippen LogP contribution in [0.1, 0.15) is 15.9 Å². The Kier molecular flexibility index (Phi) is 2.83. The molecule has 0 aliphatic rings. The van der Waals surface area contributed by atoms with E-state index in [1.54, 1.807) is 24.3 Å². The molecule has 16 heavy (non-hydrogen) atoms. The SMILES string of the molecule is Nc1nnc(Cl)cc1C(=O)c1ccccc1. The van der Waals surface area contributed by atoms with Gasteiger partial charge in [0, 0.05) is 5.56 Å². The van der Waals surface area contributed by atoms with Crippen LogP contribution in [-0.2, 0) is 0 Å². The highest BCUT2D eigenvalue weighted by atomic mass is 35.5. The lowest BCUT2D eigenvalue weighted by Crippen LogP contribution is -2.08. The van der Waals surface area contributed by atoms with Crippen molar-refractivity contribution in [2.45, 2.75) is 0 Å². The van der Waals surface area contributed by atoms with Gasteiger partial charge in [0.05, 0.1) is 5.56 Å². The Morgan fingerprint density at radius 1 is 1.19 bits per heavy atom. The van der Waals surface area contributed by atoms with E-state index in [4.69, 9.17) is 17.3 Å². The van der Waals surface area contributed by atoms with Crippen LogP contribution in [0.25, 0.3) is 0 Å². The Morgan fingerprint density at radius 2 is 1.88 bits per heavy atom. The van der Waals surface area contributed by atoms with Crippen LogP contribution in [0.2, 0.25) is 5.15 Å². The van der Waals surface area contributed by atoms with Crippen LogP contribution in [0.5, 0.6) is 0 Å². The molecule has 0 saturated heterocycles. The van der Waals surface area contributed by atoms with E-state index in [1.165, 1.54) is 6.07 Å². The van der Waals surface area contributed by atoms with Crippen molar-refractivity contribution in [1.82, 2.24) is 10.2 Å². The number of nitrogen functional groups attached to an aromatic ring is 1. The number of carbonyl (C=O) groups is 1. The van der Waals surface area contributed by atoms with Gasteiger partial charge in [0.25, 0.3) is 0 Å². The maximum Gasteiger partial charge on any atom is 0.196 e. The summed E-state index contributed by atoms with van der Waals surface area (Å²) in [7, 11) is 0. The number of nitrogens with zero attached hydrogens (tertiary/aromatic N) is 2. The van der Waals surface area contributed by atoms with E-state index in [9.17, 15) is 4.79 Å². The molecule has 0 fully saturated rings. The van der Waals surface area contributed by atoms with Gasteiger partial charge in [0.15, 0.2) is 16.8 Å². The molecule has 4 nitrogen and oxygen atoms in total. The summed E-state index contributed by atoms with van der Waals surface area (Å²) < 4.78 is 0. The predicted octanol–water partition coefficient (Wildman–Crippen LogP) is 1.94. The van der Waals surface area contributed by atoms with E-state index >= 15 is 0 Å². The van der Waals surface area contributed by atoms with E-state index in [0.717, 1.165) is 0 Å². The van der Waals surface area contributed by atoms with Gasteiger partial charge in [-0.05, 0) is 6.07 Å². The summed E-state index contributed by atoms with van der Waals surface area (Å²) in [6.07, 6.45) is 0. The van der Waals surface area contributed by atoms with Crippen molar-refractivity contribution in [2.75, 3.05) is 5.73 Å². The fraction of sp³-hybridized carbons (Fsp3) is 0. The third-order valence-corrected chi connectivity index (χ3v) is 2.26. The van der Waals surface area contributed by atoms with Crippen LogP contribution >= 0.6 is 11.6 Å². The summed E-state index contributed by atoms with van der Waals surface area (Å²) in [5.74, 6) is -0.131. The molecule has 80 valence electrons. The standard InChI is InChI=1S/C11H8ClN3O/c12-9-6-8(11(13)15-14-9)10(16)7-4-2-1-3-5-7/h1-6H,(H2,13,15). The van der Waals surface area contributed by atoms with Crippen molar-refractivity contribution in [3.63, 3.8) is 0 Å². The lowest BCUT2D eigenvalue weighted by molar-refractivity contribution is 0.103. The quantitative estimate of drug-likeness (QED) is 0.805. The van der Waals surface area contributed by atoms with Gasteiger partial charge >= 0.3 is 0 Å². The highest BCUT2D eigenvalue weighted by Gasteiger charge is 2.13. The zero-order valence-electron chi connectivity index (χ0n) is 8.22. The predicted molar refractivity (Wildman–Crippen MR) is 61.3 cm³/mol. The second kappa shape index (κ2) is 4.28. The minimum atomic E-state index is -0.213. The third kappa shape index (κ3) is 2.01. The van der Waals surface area contributed by atoms with Crippen LogP contribution in [0.4, 0.5) is 5.82 Å². The van der Waals surface area contributed by atoms with E-state index in [0.29, 0.717) is 5.56 Å². The summed E-state index contributed by atoms with van der Waals surface area (Å²) in [4.78, 5) is 12.0. The zero-order valence-corrected chi connectivity index (χ0v) is 8.98. The molecule has 0 radical (unpaired) electrons. The molecule has 0 spiro atoms. The van der Waals surface area contributed by atoms with Gasteiger partial charge < -0.3 is 5.73 Å². The van der Waals surface area contributed by atoms with E-state index in [-0.39, 0.29) is 22.3 Å². The Morgan fingerprint density at radius 3 is 2.56 bits per heavy atom. The van der Waals surface area contributed by atoms with Gasteiger partial charge in [0.1, 0.15) is 0 Å². The molecule has 5 heteroatoms. The lowest BCUT2D eigenvalue weighted by atomic mass is 10.1. The van der Waals surface area contributed by atoms with Crippen LogP contribution < -0.4 is 5.73 Å². The number of carbonyl (C=O) groups excluding carboxylic acids is 1. The first-order valence-electron chi connectivity index (χ1n) is 4.57. The highest BCUT2D eigenvalue weighted by Crippen LogP contribution is 2.16. The summed E-state index contributed by atoms with van der Waals surface area (Å²) in [5, 5.41) is 7.30. The fourth-order valence-electron chi connectivity index (χ4n) is 1.30. The maximum atomic E-state index is 12.0. The van der Waals surface area contributed by atoms with Gasteiger partial charge in [-0.15, -0.1) is 10.2 Å². The molecule has 0 saturated carbocycles. The lowest BCUT2D eigenvalue weighted by Gasteiger charge is -2.03. The molecule has 2 N–H and O–H groups in total. The molecule has 0 atom stereocenters. The summed E-state index contributed by atoms with van der Waals surface area (Å²) in [6.45, 7) is 0. The number of benzene rings is 1. The molecule has 0 aliphatic heterocycles. The monoisotopic (exact) mass is 233 g/mol. The zero-order chi connectivity index (χ0) is 11.5. The summed E-state index contributed by atoms with van der Waals surface area (Å²) in [6, 6.07) is 10.2. The Balaban J connectivity index is 2.46. The fourth-order valence-corrected chi connectivity index (χ4v) is 1.45. The second-order valence-electron chi connectivity index (χ2n) is 3.16. The average Bonchev–Trinajstić information content (AvgIpc) is 2.32. The number of hydrogen-bond acceptors (Lipinski definition) is 4. The van der Waals surface area contributed by atoms with Gasteiger partial charge in [0.2, 0.25) is 0 Å². The number of ketones is 1. The smallest absolute Gasteiger partial charge is 0.196 e. The van der Waals surface area contributed by atoms with Crippen LogP contribution in [0.15, 0.2) is 36.4 Å². The Bertz CT molecular complexity index is 528. The second-order valence-corrected chi connectivity index (χ2v) is 3.55. The molecule has 1 aromatic carbocycles. The number of halogens is 1. The van der Waals surface area contributed by atoms with Gasteiger partial charge in [-0.1, -0.05) is 41.9 Å². The molecule has 1 aromatic heterocycles. The molecule has 0 unspecified atom stereocenters. The Hall–Kier alpha value is -1.94. The number of nitrogens with two attached hydrogens (primary N) is 1. The van der Waals surface area contributed by atoms with Crippen molar-refractivity contribution >= 4 is 23.2 Å². The number of hydrogen-bond donors (Lipinski definition) is 1. The van der Waals surface area contributed by atoms with E-state index < -0.39 is 0 Å². The van der Waals surface area contributed by atoms with Gasteiger partial charge in [-0.3, -0.25) is 4.79 Å². The molecule has 0 aliphatic carbocycles. The molecule has 1 heterocycles. The van der Waals surface area contributed by atoms with Gasteiger partial charge in [-0.25, -0.2) is 0 Å². The van der Waals surface area contributed by atoms with Crippen molar-refractivity contribution in [2.24, 2.45) is 0 Å². The molecule has 2 rings (SSSR count). The van der Waals surface area contributed by atoms with Crippen LogP contribution in [0, 0.1) is 0 Å². The maximum absolute atomic E-state index is 12.0. The minimum Gasteiger partial charge on any atom is -0.382 e. The number of rotatable bonds is 2. The average molecular weight is 234 g/mol.